The largest absolute Gasteiger partial charge is 0.497 e. The minimum absolute atomic E-state index is 0.102. The first-order chi connectivity index (χ1) is 16.5. The number of carbonyl (C=O) groups is 1. The van der Waals surface area contributed by atoms with Gasteiger partial charge in [-0.1, -0.05) is 47.6 Å². The fourth-order valence-corrected chi connectivity index (χ4v) is 4.82. The molecule has 0 N–H and O–H groups in total. The number of ether oxygens (including phenoxy) is 2. The molecule has 0 saturated heterocycles. The van der Waals surface area contributed by atoms with E-state index >= 15 is 0 Å². The lowest BCUT2D eigenvalue weighted by molar-refractivity contribution is 0.0526. The number of hydrogen-bond donors (Lipinski definition) is 0. The van der Waals surface area contributed by atoms with Crippen LogP contribution in [0.5, 0.6) is 5.75 Å². The van der Waals surface area contributed by atoms with Gasteiger partial charge in [0.05, 0.1) is 35.3 Å². The van der Waals surface area contributed by atoms with E-state index in [2.05, 4.69) is 4.57 Å². The van der Waals surface area contributed by atoms with E-state index in [0.29, 0.717) is 35.5 Å². The summed E-state index contributed by atoms with van der Waals surface area (Å²) in [6.07, 6.45) is 0.772. The van der Waals surface area contributed by atoms with Crippen LogP contribution in [-0.2, 0) is 23.5 Å². The summed E-state index contributed by atoms with van der Waals surface area (Å²) in [5.41, 5.74) is 3.71. The number of halogens is 2. The van der Waals surface area contributed by atoms with Gasteiger partial charge in [0, 0.05) is 12.3 Å². The molecular formula is C26H24ClFN2O3S. The smallest absolute Gasteiger partial charge is 0.338 e. The van der Waals surface area contributed by atoms with Gasteiger partial charge in [-0.25, -0.2) is 14.2 Å². The Morgan fingerprint density at radius 2 is 1.94 bits per heavy atom. The van der Waals surface area contributed by atoms with Crippen LogP contribution >= 0.6 is 23.4 Å². The van der Waals surface area contributed by atoms with Gasteiger partial charge in [-0.05, 0) is 60.9 Å². The van der Waals surface area contributed by atoms with E-state index in [9.17, 15) is 9.18 Å². The second-order valence-electron chi connectivity index (χ2n) is 7.57. The second-order valence-corrected chi connectivity index (χ2v) is 8.92. The van der Waals surface area contributed by atoms with Crippen LogP contribution in [0, 0.1) is 5.82 Å². The van der Waals surface area contributed by atoms with E-state index in [-0.39, 0.29) is 11.0 Å². The molecule has 0 atom stereocenters. The number of imidazole rings is 1. The molecule has 0 saturated carbocycles. The number of methoxy groups -OCH3 is 1. The molecule has 0 aliphatic rings. The molecule has 0 unspecified atom stereocenters. The molecule has 176 valence electrons. The molecule has 4 rings (SSSR count). The zero-order valence-electron chi connectivity index (χ0n) is 18.9. The Balaban J connectivity index is 1.64. The van der Waals surface area contributed by atoms with Crippen molar-refractivity contribution < 1.29 is 18.7 Å². The summed E-state index contributed by atoms with van der Waals surface area (Å²) in [6.45, 7) is 2.75. The first kappa shape index (κ1) is 24.1. The Morgan fingerprint density at radius 1 is 1.15 bits per heavy atom. The number of fused-ring (bicyclic) bond motifs is 1. The molecule has 1 aromatic heterocycles. The third-order valence-corrected chi connectivity index (χ3v) is 6.71. The molecule has 0 fully saturated rings. The molecule has 0 aliphatic carbocycles. The normalized spacial score (nSPS) is 11.1. The summed E-state index contributed by atoms with van der Waals surface area (Å²) in [7, 11) is 1.64. The van der Waals surface area contributed by atoms with Gasteiger partial charge in [0.25, 0.3) is 0 Å². The molecule has 8 heteroatoms. The maximum Gasteiger partial charge on any atom is 0.338 e. The number of nitrogens with zero attached hydrogens (tertiary/aromatic N) is 2. The Kier molecular flexibility index (Phi) is 7.75. The van der Waals surface area contributed by atoms with Gasteiger partial charge < -0.3 is 14.0 Å². The number of esters is 1. The Morgan fingerprint density at radius 3 is 2.68 bits per heavy atom. The predicted molar refractivity (Wildman–Crippen MR) is 133 cm³/mol. The van der Waals surface area contributed by atoms with Crippen molar-refractivity contribution in [1.29, 1.82) is 0 Å². The predicted octanol–water partition coefficient (Wildman–Crippen LogP) is 6.55. The zero-order chi connectivity index (χ0) is 24.1. The lowest BCUT2D eigenvalue weighted by Gasteiger charge is -2.10. The maximum absolute atomic E-state index is 14.4. The molecule has 1 heterocycles. The van der Waals surface area contributed by atoms with Crippen LogP contribution in [0.4, 0.5) is 4.39 Å². The summed E-state index contributed by atoms with van der Waals surface area (Å²) in [5, 5.41) is 0.842. The summed E-state index contributed by atoms with van der Waals surface area (Å²) in [5.74, 6) is 0.390. The van der Waals surface area contributed by atoms with Gasteiger partial charge in [-0.15, -0.1) is 0 Å². The van der Waals surface area contributed by atoms with Gasteiger partial charge >= 0.3 is 5.97 Å². The molecule has 5 nitrogen and oxygen atoms in total. The van der Waals surface area contributed by atoms with Crippen molar-refractivity contribution in [2.24, 2.45) is 0 Å². The summed E-state index contributed by atoms with van der Waals surface area (Å²) in [4.78, 5) is 17.0. The van der Waals surface area contributed by atoms with Crippen LogP contribution in [-0.4, -0.2) is 29.2 Å². The van der Waals surface area contributed by atoms with E-state index in [0.717, 1.165) is 28.4 Å². The molecule has 4 aromatic rings. The fourth-order valence-electron chi connectivity index (χ4n) is 3.61. The number of rotatable bonds is 9. The number of hydrogen-bond acceptors (Lipinski definition) is 5. The third kappa shape index (κ3) is 5.37. The number of thioether (sulfide) groups is 1. The van der Waals surface area contributed by atoms with E-state index in [1.165, 1.54) is 17.8 Å². The molecule has 3 aromatic carbocycles. The zero-order valence-corrected chi connectivity index (χ0v) is 20.5. The van der Waals surface area contributed by atoms with Crippen molar-refractivity contribution in [3.8, 4) is 5.75 Å². The quantitative estimate of drug-likeness (QED) is 0.193. The van der Waals surface area contributed by atoms with Crippen molar-refractivity contribution in [3.63, 3.8) is 0 Å². The monoisotopic (exact) mass is 498 g/mol. The molecule has 0 amide bonds. The van der Waals surface area contributed by atoms with Crippen LogP contribution in [0.1, 0.15) is 28.4 Å². The average molecular weight is 499 g/mol. The highest BCUT2D eigenvalue weighted by Gasteiger charge is 2.16. The average Bonchev–Trinajstić information content (AvgIpc) is 3.20. The molecule has 0 radical (unpaired) electrons. The minimum Gasteiger partial charge on any atom is -0.497 e. The van der Waals surface area contributed by atoms with Crippen LogP contribution in [0.3, 0.4) is 0 Å². The Hall–Kier alpha value is -3.03. The number of aromatic nitrogens is 2. The van der Waals surface area contributed by atoms with Crippen molar-refractivity contribution in [2.75, 3.05) is 13.7 Å². The van der Waals surface area contributed by atoms with E-state index in [1.807, 2.05) is 30.3 Å². The first-order valence-corrected chi connectivity index (χ1v) is 12.2. The number of aryl methyl sites for hydroxylation is 2. The van der Waals surface area contributed by atoms with E-state index < -0.39 is 5.82 Å². The van der Waals surface area contributed by atoms with Crippen molar-refractivity contribution in [1.82, 2.24) is 9.55 Å². The summed E-state index contributed by atoms with van der Waals surface area (Å²) >= 11 is 7.38. The van der Waals surface area contributed by atoms with Gasteiger partial charge in [0.1, 0.15) is 11.6 Å². The molecule has 0 spiro atoms. The van der Waals surface area contributed by atoms with Crippen LogP contribution < -0.4 is 4.74 Å². The van der Waals surface area contributed by atoms with Crippen molar-refractivity contribution in [3.05, 3.63) is 88.2 Å². The van der Waals surface area contributed by atoms with Gasteiger partial charge in [-0.3, -0.25) is 0 Å². The number of carbonyl (C=O) groups excluding carboxylic acids is 1. The van der Waals surface area contributed by atoms with E-state index in [4.69, 9.17) is 26.1 Å². The van der Waals surface area contributed by atoms with Crippen molar-refractivity contribution in [2.45, 2.75) is 30.8 Å². The second kappa shape index (κ2) is 10.9. The van der Waals surface area contributed by atoms with Crippen molar-refractivity contribution >= 4 is 40.4 Å². The molecule has 34 heavy (non-hydrogen) atoms. The summed E-state index contributed by atoms with van der Waals surface area (Å²) < 4.78 is 26.9. The van der Waals surface area contributed by atoms with Crippen LogP contribution in [0.15, 0.2) is 65.8 Å². The fraction of sp³-hybridized carbons (Fsp3) is 0.231. The van der Waals surface area contributed by atoms with Gasteiger partial charge in [0.2, 0.25) is 0 Å². The first-order valence-electron chi connectivity index (χ1n) is 10.9. The highest BCUT2D eigenvalue weighted by atomic mass is 35.5. The Bertz CT molecular complexity index is 1310. The molecule has 0 bridgehead atoms. The topological polar surface area (TPSA) is 53.3 Å². The maximum atomic E-state index is 14.4. The van der Waals surface area contributed by atoms with Crippen LogP contribution in [0.25, 0.3) is 11.0 Å². The lowest BCUT2D eigenvalue weighted by Crippen LogP contribution is -2.05. The number of benzene rings is 3. The summed E-state index contributed by atoms with van der Waals surface area (Å²) in [6, 6.07) is 18.3. The lowest BCUT2D eigenvalue weighted by atomic mass is 10.1. The highest BCUT2D eigenvalue weighted by molar-refractivity contribution is 7.98. The van der Waals surface area contributed by atoms with E-state index in [1.54, 1.807) is 38.3 Å². The molecular weight excluding hydrogens is 475 g/mol. The third-order valence-electron chi connectivity index (χ3n) is 5.40. The highest BCUT2D eigenvalue weighted by Crippen LogP contribution is 2.30. The van der Waals surface area contributed by atoms with Crippen LogP contribution in [0.2, 0.25) is 5.02 Å². The SMILES string of the molecule is CCOC(=O)c1ccc2c(c1)nc(SCc1cccc(Cl)c1F)n2CCc1ccc(OC)cc1. The van der Waals surface area contributed by atoms with Gasteiger partial charge in [-0.2, -0.15) is 0 Å². The Labute approximate surface area is 206 Å². The molecule has 0 aliphatic heterocycles. The minimum atomic E-state index is -0.415. The standard InChI is InChI=1S/C26H24ClFN2O3S/c1-3-33-25(31)18-9-12-23-22(15-18)29-26(34-16-19-5-4-6-21(27)24(19)28)30(23)14-13-17-7-10-20(32-2)11-8-17/h4-12,15H,3,13-14,16H2,1-2H3. The van der Waals surface area contributed by atoms with Gasteiger partial charge in [0.15, 0.2) is 5.16 Å².